The summed E-state index contributed by atoms with van der Waals surface area (Å²) >= 11 is 0. The quantitative estimate of drug-likeness (QED) is 0.0291. The molecular formula is C85H154N14O2. The smallest absolute Gasteiger partial charge is 0.0700 e. The second-order valence-corrected chi connectivity index (χ2v) is 34.8. The van der Waals surface area contributed by atoms with E-state index < -0.39 is 0 Å². The maximum Gasteiger partial charge on any atom is 0.0700 e. The van der Waals surface area contributed by atoms with E-state index in [2.05, 4.69) is 205 Å². The van der Waals surface area contributed by atoms with Crippen LogP contribution >= 0.6 is 0 Å². The van der Waals surface area contributed by atoms with Crippen molar-refractivity contribution in [2.45, 2.75) is 312 Å². The van der Waals surface area contributed by atoms with Gasteiger partial charge in [0.1, 0.15) is 0 Å². The van der Waals surface area contributed by atoms with Crippen molar-refractivity contribution in [1.82, 2.24) is 70.6 Å². The summed E-state index contributed by atoms with van der Waals surface area (Å²) in [5, 5.41) is 35.0. The summed E-state index contributed by atoms with van der Waals surface area (Å²) in [5.74, 6) is 5.87. The Hall–Kier alpha value is -4.32. The van der Waals surface area contributed by atoms with E-state index in [0.717, 1.165) is 90.6 Å². The lowest BCUT2D eigenvalue weighted by Crippen LogP contribution is -2.34. The monoisotopic (exact) mass is 1400 g/mol. The molecule has 4 aliphatic carbocycles. The Kier molecular flexibility index (Phi) is 37.3. The highest BCUT2D eigenvalue weighted by Gasteiger charge is 2.47. The summed E-state index contributed by atoms with van der Waals surface area (Å²) < 4.78 is 14.1. The molecule has 4 aromatic rings. The third-order valence-electron chi connectivity index (χ3n) is 23.5. The molecule has 5 fully saturated rings. The van der Waals surface area contributed by atoms with Crippen LogP contribution in [0.1, 0.15) is 326 Å². The number of nitrogens with zero attached hydrogens (tertiary/aromatic N) is 9. The molecule has 2 atom stereocenters. The molecule has 5 heterocycles. The van der Waals surface area contributed by atoms with Crippen molar-refractivity contribution in [2.75, 3.05) is 87.3 Å². The molecule has 0 amide bonds. The Morgan fingerprint density at radius 1 is 0.564 bits per heavy atom. The van der Waals surface area contributed by atoms with Gasteiger partial charge in [-0.15, -0.1) is 0 Å². The van der Waals surface area contributed by atoms with Gasteiger partial charge in [0.15, 0.2) is 0 Å². The fourth-order valence-corrected chi connectivity index (χ4v) is 16.8. The van der Waals surface area contributed by atoms with Gasteiger partial charge >= 0.3 is 0 Å². The third kappa shape index (κ3) is 28.8. The molecular weight excluding hydrogens is 1250 g/mol. The number of unbranched alkanes of at least 4 members (excludes halogenated alkanes) is 4. The maximum absolute atomic E-state index is 6.29. The Labute approximate surface area is 618 Å². The lowest BCUT2D eigenvalue weighted by Gasteiger charge is -2.42. The molecule has 4 saturated carbocycles. The summed E-state index contributed by atoms with van der Waals surface area (Å²) in [5.41, 5.74) is 14.5. The fraction of sp³-hybridized carbons (Fsp3) is 0.812. The third-order valence-corrected chi connectivity index (χ3v) is 23.5. The summed E-state index contributed by atoms with van der Waals surface area (Å²) in [6, 6.07) is 0. The highest BCUT2D eigenvalue weighted by Crippen LogP contribution is 2.51. The van der Waals surface area contributed by atoms with Crippen LogP contribution in [0.4, 0.5) is 0 Å². The zero-order chi connectivity index (χ0) is 73.5. The first-order valence-electron chi connectivity index (χ1n) is 41.2. The highest BCUT2D eigenvalue weighted by atomic mass is 16.5. The van der Waals surface area contributed by atoms with E-state index in [4.69, 9.17) is 14.6 Å². The summed E-state index contributed by atoms with van der Waals surface area (Å²) in [6.45, 7) is 51.8. The second-order valence-electron chi connectivity index (χ2n) is 34.8. The van der Waals surface area contributed by atoms with Crippen LogP contribution in [-0.4, -0.2) is 153 Å². The standard InChI is InChI=1S/2C22H40N4.C21H37N3O.C20H37N3O/c2*1-6-7-14-26(5)16-21-15-24-25-22(21)20-10-8-19(9-11-20)18(4)23-13-12-17(2)3;1-6-7-12-23(4)13-18-14-24(5)22-19(18)17-8-10-21(11-9-17)15-20(2,3)16-25-21;1-6-8-11-23(5)14-17-13-21-22-19(17)16-9-10-20(3,4)18(12-16)15-24-7-2/h2*15,17,19-20,23H,4,6-14,16H2,1-3,5H3,(H,24,25);14,17H,6-13,15-16H2,1-5H3;13,16,18H,6-12,14-15H2,1-5H3,(H,21,22). The van der Waals surface area contributed by atoms with Crippen LogP contribution in [0.2, 0.25) is 0 Å². The Bertz CT molecular complexity index is 2780. The Morgan fingerprint density at radius 3 is 1.34 bits per heavy atom. The van der Waals surface area contributed by atoms with Crippen molar-refractivity contribution >= 4 is 0 Å². The molecule has 4 aromatic heterocycles. The van der Waals surface area contributed by atoms with Gasteiger partial charge in [0.05, 0.1) is 36.5 Å². The molecule has 5 aliphatic rings. The first-order valence-corrected chi connectivity index (χ1v) is 41.2. The fourth-order valence-electron chi connectivity index (χ4n) is 16.8. The second kappa shape index (κ2) is 44.0. The zero-order valence-electron chi connectivity index (χ0n) is 68.3. The first kappa shape index (κ1) is 85.6. The largest absolute Gasteiger partial charge is 0.389 e. The van der Waals surface area contributed by atoms with Crippen molar-refractivity contribution in [1.29, 1.82) is 0 Å². The van der Waals surface area contributed by atoms with Crippen LogP contribution in [0.25, 0.3) is 0 Å². The molecule has 576 valence electrons. The number of nitrogens with one attached hydrogen (secondary N) is 5. The molecule has 0 aromatic carbocycles. The van der Waals surface area contributed by atoms with E-state index in [1.807, 2.05) is 23.3 Å². The Balaban J connectivity index is 0.000000212. The lowest BCUT2D eigenvalue weighted by atomic mass is 9.65. The predicted molar refractivity (Wildman–Crippen MR) is 425 cm³/mol. The first-order chi connectivity index (χ1) is 48.3. The maximum atomic E-state index is 6.29. The van der Waals surface area contributed by atoms with Crippen molar-refractivity contribution in [3.63, 3.8) is 0 Å². The number of ether oxygens (including phenoxy) is 2. The van der Waals surface area contributed by atoms with E-state index in [0.29, 0.717) is 52.3 Å². The molecule has 2 unspecified atom stereocenters. The molecule has 16 heteroatoms. The number of aromatic nitrogens is 8. The normalized spacial score (nSPS) is 22.5. The number of hydrogen-bond acceptors (Lipinski definition) is 12. The molecule has 9 rings (SSSR count). The van der Waals surface area contributed by atoms with Crippen molar-refractivity contribution < 1.29 is 9.47 Å². The lowest BCUT2D eigenvalue weighted by molar-refractivity contribution is -0.0296. The molecule has 1 aliphatic heterocycles. The van der Waals surface area contributed by atoms with Gasteiger partial charge in [0, 0.05) is 140 Å². The van der Waals surface area contributed by atoms with E-state index in [1.54, 1.807) is 0 Å². The minimum atomic E-state index is 0.160. The van der Waals surface area contributed by atoms with Crippen LogP contribution in [0, 0.1) is 40.4 Å². The number of aromatic amines is 3. The summed E-state index contributed by atoms with van der Waals surface area (Å²) in [7, 11) is 10.9. The van der Waals surface area contributed by atoms with Gasteiger partial charge in [-0.05, 0) is 243 Å². The van der Waals surface area contributed by atoms with Gasteiger partial charge in [-0.2, -0.15) is 20.4 Å². The Morgan fingerprint density at radius 2 is 0.960 bits per heavy atom. The van der Waals surface area contributed by atoms with Crippen molar-refractivity contribution in [3.8, 4) is 0 Å². The minimum Gasteiger partial charge on any atom is -0.389 e. The SMILES string of the molecule is C=C(NCCC(C)C)C1CCC(c2[nH]ncc2CN(C)CCCC)CC1.C=C(NCCC(C)C)C1CCC(c2[nH]ncc2CN(C)CCCC)CC1.CCCCN(C)Cc1cn(C)nc1C1CCC2(CC1)CC(C)(C)CO2.CCCCN(C)Cc1cn[nH]c1C1CCC(C)(C)C(COCC)C1. The molecule has 5 N–H and O–H groups in total. The van der Waals surface area contributed by atoms with Crippen LogP contribution in [-0.2, 0) is 42.7 Å². The number of aryl methyl sites for hydroxylation is 1. The zero-order valence-corrected chi connectivity index (χ0v) is 68.3. The van der Waals surface area contributed by atoms with Crippen molar-refractivity contribution in [3.05, 3.63) is 94.4 Å². The minimum absolute atomic E-state index is 0.160. The van der Waals surface area contributed by atoms with Crippen LogP contribution < -0.4 is 10.6 Å². The van der Waals surface area contributed by atoms with Gasteiger partial charge in [0.2, 0.25) is 0 Å². The van der Waals surface area contributed by atoms with Crippen LogP contribution in [0.3, 0.4) is 0 Å². The molecule has 101 heavy (non-hydrogen) atoms. The van der Waals surface area contributed by atoms with Crippen molar-refractivity contribution in [2.24, 2.45) is 47.5 Å². The molecule has 0 radical (unpaired) electrons. The van der Waals surface area contributed by atoms with E-state index in [9.17, 15) is 0 Å². The predicted octanol–water partition coefficient (Wildman–Crippen LogP) is 19.2. The molecule has 0 bridgehead atoms. The van der Waals surface area contributed by atoms with E-state index in [1.165, 1.54) is 230 Å². The number of hydrogen-bond donors (Lipinski definition) is 5. The van der Waals surface area contributed by atoms with Gasteiger partial charge < -0.3 is 39.7 Å². The molecule has 1 spiro atoms. The number of rotatable bonds is 37. The summed E-state index contributed by atoms with van der Waals surface area (Å²) in [6.07, 6.45) is 40.6. The van der Waals surface area contributed by atoms with E-state index >= 15 is 0 Å². The van der Waals surface area contributed by atoms with Gasteiger partial charge in [-0.25, -0.2) is 0 Å². The van der Waals surface area contributed by atoms with E-state index in [-0.39, 0.29) is 5.60 Å². The highest BCUT2D eigenvalue weighted by molar-refractivity contribution is 5.25. The average molecular weight is 1400 g/mol. The van der Waals surface area contributed by atoms with Gasteiger partial charge in [0.25, 0.3) is 0 Å². The summed E-state index contributed by atoms with van der Waals surface area (Å²) in [4.78, 5) is 9.70. The van der Waals surface area contributed by atoms with Crippen LogP contribution in [0.5, 0.6) is 0 Å². The van der Waals surface area contributed by atoms with Crippen LogP contribution in [0.15, 0.2) is 49.3 Å². The van der Waals surface area contributed by atoms with Gasteiger partial charge in [-0.1, -0.05) is 122 Å². The molecule has 16 nitrogen and oxygen atoms in total. The molecule has 1 saturated heterocycles. The number of allylic oxidation sites excluding steroid dienone is 2. The topological polar surface area (TPSA) is 159 Å². The van der Waals surface area contributed by atoms with Gasteiger partial charge in [-0.3, -0.25) is 20.0 Å². The average Bonchev–Trinajstić information content (AvgIpc) is 1.69. The number of H-pyrrole nitrogens is 3.